The molecule has 1 aliphatic heterocycles. The molecule has 2 aliphatic rings. The van der Waals surface area contributed by atoms with Crippen LogP contribution in [0.25, 0.3) is 0 Å². The van der Waals surface area contributed by atoms with Gasteiger partial charge in [0.2, 0.25) is 0 Å². The van der Waals surface area contributed by atoms with E-state index >= 15 is 0 Å². The van der Waals surface area contributed by atoms with Gasteiger partial charge in [0.05, 0.1) is 0 Å². The molecule has 18 heavy (non-hydrogen) atoms. The van der Waals surface area contributed by atoms with Crippen LogP contribution in [0.5, 0.6) is 0 Å². The van der Waals surface area contributed by atoms with E-state index < -0.39 is 10.8 Å². The molecule has 0 aromatic rings. The van der Waals surface area contributed by atoms with Crippen molar-refractivity contribution in [1.82, 2.24) is 10.2 Å². The van der Waals surface area contributed by atoms with Crippen molar-refractivity contribution < 1.29 is 4.21 Å². The average Bonchev–Trinajstić information content (AvgIpc) is 3.12. The first-order valence-electron chi connectivity index (χ1n) is 7.27. The number of nitrogens with one attached hydrogen (secondary N) is 1. The van der Waals surface area contributed by atoms with Crippen LogP contribution in [0.2, 0.25) is 0 Å². The number of nitrogens with zero attached hydrogens (tertiary/aromatic N) is 1. The van der Waals surface area contributed by atoms with Gasteiger partial charge < -0.3 is 5.32 Å². The summed E-state index contributed by atoms with van der Waals surface area (Å²) in [7, 11) is -0.696. The maximum absolute atomic E-state index is 11.5. The van der Waals surface area contributed by atoms with Crippen molar-refractivity contribution in [3.63, 3.8) is 0 Å². The third-order valence-electron chi connectivity index (χ3n) is 4.71. The van der Waals surface area contributed by atoms with Crippen molar-refractivity contribution in [2.24, 2.45) is 5.92 Å². The number of hydrogen-bond acceptors (Lipinski definition) is 3. The summed E-state index contributed by atoms with van der Waals surface area (Å²) in [4.78, 5) is 2.61. The zero-order chi connectivity index (χ0) is 13.3. The molecule has 2 fully saturated rings. The van der Waals surface area contributed by atoms with Crippen LogP contribution in [-0.4, -0.2) is 51.8 Å². The zero-order valence-electron chi connectivity index (χ0n) is 12.2. The second-order valence-corrected chi connectivity index (χ2v) is 7.88. The van der Waals surface area contributed by atoms with Crippen LogP contribution >= 0.6 is 0 Å². The Kier molecular flexibility index (Phi) is 4.50. The molecule has 4 unspecified atom stereocenters. The summed E-state index contributed by atoms with van der Waals surface area (Å²) in [5.74, 6) is 1.66. The van der Waals surface area contributed by atoms with E-state index in [1.807, 2.05) is 6.26 Å². The number of piperazine rings is 1. The molecule has 1 N–H and O–H groups in total. The molecule has 1 heterocycles. The Balaban J connectivity index is 2.04. The number of hydrogen-bond donors (Lipinski definition) is 1. The highest BCUT2D eigenvalue weighted by Crippen LogP contribution is 2.41. The molecule has 4 atom stereocenters. The molecular weight excluding hydrogens is 244 g/mol. The van der Waals surface area contributed by atoms with E-state index in [2.05, 4.69) is 31.0 Å². The lowest BCUT2D eigenvalue weighted by atomic mass is 9.89. The Hall–Kier alpha value is 0.0700. The van der Waals surface area contributed by atoms with Crippen LogP contribution in [0.1, 0.15) is 40.0 Å². The van der Waals surface area contributed by atoms with E-state index in [9.17, 15) is 4.21 Å². The first kappa shape index (κ1) is 14.5. The third kappa shape index (κ3) is 3.14. The van der Waals surface area contributed by atoms with Gasteiger partial charge in [-0.1, -0.05) is 6.92 Å². The second kappa shape index (κ2) is 5.59. The zero-order valence-corrected chi connectivity index (χ0v) is 13.1. The van der Waals surface area contributed by atoms with Crippen molar-refractivity contribution in [1.29, 1.82) is 0 Å². The van der Waals surface area contributed by atoms with Gasteiger partial charge in [-0.3, -0.25) is 9.11 Å². The van der Waals surface area contributed by atoms with Gasteiger partial charge in [-0.25, -0.2) is 0 Å². The molecule has 2 rings (SSSR count). The van der Waals surface area contributed by atoms with Crippen LogP contribution in [0.15, 0.2) is 0 Å². The van der Waals surface area contributed by atoms with Gasteiger partial charge >= 0.3 is 0 Å². The lowest BCUT2D eigenvalue weighted by Crippen LogP contribution is -2.66. The Bertz CT molecular complexity index is 319. The Morgan fingerprint density at radius 1 is 1.50 bits per heavy atom. The molecule has 0 aromatic carbocycles. The summed E-state index contributed by atoms with van der Waals surface area (Å²) in [5, 5.41) is 3.78. The maximum atomic E-state index is 11.5. The summed E-state index contributed by atoms with van der Waals surface area (Å²) in [6.07, 6.45) is 5.75. The van der Waals surface area contributed by atoms with Crippen molar-refractivity contribution >= 4 is 10.8 Å². The molecule has 1 saturated carbocycles. The SMILES string of the molecule is CCC1CNC(C)(C2CC2)CN1C(C)CS(C)=O. The Labute approximate surface area is 114 Å². The van der Waals surface area contributed by atoms with E-state index in [0.29, 0.717) is 12.1 Å². The minimum Gasteiger partial charge on any atom is -0.308 e. The van der Waals surface area contributed by atoms with Crippen molar-refractivity contribution in [3.8, 4) is 0 Å². The monoisotopic (exact) mass is 272 g/mol. The summed E-state index contributed by atoms with van der Waals surface area (Å²) in [6, 6.07) is 1.04. The molecule has 0 radical (unpaired) electrons. The largest absolute Gasteiger partial charge is 0.308 e. The molecule has 0 spiro atoms. The highest BCUT2D eigenvalue weighted by atomic mass is 32.2. The molecular formula is C14H28N2OS. The fourth-order valence-corrected chi connectivity index (χ4v) is 4.23. The van der Waals surface area contributed by atoms with E-state index in [1.54, 1.807) is 0 Å². The summed E-state index contributed by atoms with van der Waals surface area (Å²) in [6.45, 7) is 9.08. The molecule has 1 aliphatic carbocycles. The molecule has 0 aromatic heterocycles. The topological polar surface area (TPSA) is 32.3 Å². The fourth-order valence-electron chi connectivity index (χ4n) is 3.36. The molecule has 4 heteroatoms. The van der Waals surface area contributed by atoms with Gasteiger partial charge in [-0.05, 0) is 39.0 Å². The van der Waals surface area contributed by atoms with Crippen LogP contribution in [-0.2, 0) is 10.8 Å². The molecule has 0 amide bonds. The molecule has 1 saturated heterocycles. The first-order chi connectivity index (χ1) is 8.46. The maximum Gasteiger partial charge on any atom is 0.0385 e. The average molecular weight is 272 g/mol. The van der Waals surface area contributed by atoms with E-state index in [1.165, 1.54) is 19.3 Å². The normalized spacial score (nSPS) is 37.4. The van der Waals surface area contributed by atoms with Gasteiger partial charge in [0.1, 0.15) is 0 Å². The quantitative estimate of drug-likeness (QED) is 0.825. The van der Waals surface area contributed by atoms with Crippen molar-refractivity contribution in [2.75, 3.05) is 25.1 Å². The van der Waals surface area contributed by atoms with E-state index in [-0.39, 0.29) is 5.54 Å². The fraction of sp³-hybridized carbons (Fsp3) is 1.00. The Morgan fingerprint density at radius 3 is 2.67 bits per heavy atom. The third-order valence-corrected chi connectivity index (χ3v) is 5.67. The summed E-state index contributed by atoms with van der Waals surface area (Å²) in [5.41, 5.74) is 0.287. The van der Waals surface area contributed by atoms with E-state index in [4.69, 9.17) is 0 Å². The van der Waals surface area contributed by atoms with E-state index in [0.717, 1.165) is 24.8 Å². The van der Waals surface area contributed by atoms with Crippen LogP contribution in [0.3, 0.4) is 0 Å². The van der Waals surface area contributed by atoms with Gasteiger partial charge in [-0.2, -0.15) is 0 Å². The lowest BCUT2D eigenvalue weighted by molar-refractivity contribution is 0.0495. The molecule has 106 valence electrons. The second-order valence-electron chi connectivity index (χ2n) is 6.40. The van der Waals surface area contributed by atoms with Crippen molar-refractivity contribution in [3.05, 3.63) is 0 Å². The molecule has 0 bridgehead atoms. The standard InChI is InChI=1S/C14H28N2OS/c1-5-13-8-15-14(3,12-6-7-12)10-16(13)11(2)9-18(4)17/h11-13,15H,5-10H2,1-4H3. The van der Waals surface area contributed by atoms with Gasteiger partial charge in [0, 0.05) is 53.5 Å². The van der Waals surface area contributed by atoms with Gasteiger partial charge in [0.25, 0.3) is 0 Å². The predicted octanol–water partition coefficient (Wildman–Crippen LogP) is 1.61. The number of rotatable bonds is 5. The minimum absolute atomic E-state index is 0.287. The van der Waals surface area contributed by atoms with Gasteiger partial charge in [0.15, 0.2) is 0 Å². The van der Waals surface area contributed by atoms with Gasteiger partial charge in [-0.15, -0.1) is 0 Å². The lowest BCUT2D eigenvalue weighted by Gasteiger charge is -2.49. The van der Waals surface area contributed by atoms with Crippen LogP contribution in [0, 0.1) is 5.92 Å². The van der Waals surface area contributed by atoms with Crippen LogP contribution < -0.4 is 5.32 Å². The molecule has 3 nitrogen and oxygen atoms in total. The first-order valence-corrected chi connectivity index (χ1v) is 8.99. The van der Waals surface area contributed by atoms with Crippen LogP contribution in [0.4, 0.5) is 0 Å². The highest BCUT2D eigenvalue weighted by molar-refractivity contribution is 7.84. The highest BCUT2D eigenvalue weighted by Gasteiger charge is 2.46. The summed E-state index contributed by atoms with van der Waals surface area (Å²) < 4.78 is 11.5. The predicted molar refractivity (Wildman–Crippen MR) is 78.3 cm³/mol. The summed E-state index contributed by atoms with van der Waals surface area (Å²) >= 11 is 0. The smallest absolute Gasteiger partial charge is 0.0385 e. The Morgan fingerprint density at radius 2 is 2.17 bits per heavy atom. The van der Waals surface area contributed by atoms with Crippen molar-refractivity contribution in [2.45, 2.75) is 57.7 Å². The minimum atomic E-state index is -0.696.